The topological polar surface area (TPSA) is 48.1 Å². The zero-order valence-corrected chi connectivity index (χ0v) is 11.9. The smallest absolute Gasteiger partial charge is 0.131 e. The van der Waals surface area contributed by atoms with Crippen molar-refractivity contribution in [3.63, 3.8) is 0 Å². The number of nitrogens with zero attached hydrogens (tertiary/aromatic N) is 1. The van der Waals surface area contributed by atoms with Crippen molar-refractivity contribution in [2.24, 2.45) is 0 Å². The Morgan fingerprint density at radius 3 is 2.55 bits per heavy atom. The van der Waals surface area contributed by atoms with Crippen LogP contribution in [0.5, 0.6) is 5.75 Å². The number of anilines is 1. The Bertz CT molecular complexity index is 772. The Hall–Kier alpha value is -2.88. The minimum atomic E-state index is -0.261. The molecule has 0 radical (unpaired) electrons. The summed E-state index contributed by atoms with van der Waals surface area (Å²) in [5.41, 5.74) is 8.52. The first kappa shape index (κ1) is 14.1. The zero-order chi connectivity index (χ0) is 15.4. The zero-order valence-electron chi connectivity index (χ0n) is 11.9. The molecule has 0 fully saturated rings. The summed E-state index contributed by atoms with van der Waals surface area (Å²) in [6.45, 7) is 0.326. The highest BCUT2D eigenvalue weighted by atomic mass is 19.1. The fourth-order valence-corrected chi connectivity index (χ4v) is 2.19. The number of nitrogen functional groups attached to an aromatic ring is 1. The van der Waals surface area contributed by atoms with Crippen LogP contribution in [0.1, 0.15) is 5.56 Å². The molecule has 0 saturated heterocycles. The van der Waals surface area contributed by atoms with Crippen LogP contribution in [0.4, 0.5) is 10.2 Å². The largest absolute Gasteiger partial charge is 0.489 e. The van der Waals surface area contributed by atoms with Crippen molar-refractivity contribution in [3.05, 3.63) is 78.2 Å². The number of ether oxygens (including phenoxy) is 1. The van der Waals surface area contributed by atoms with E-state index in [-0.39, 0.29) is 5.82 Å². The summed E-state index contributed by atoms with van der Waals surface area (Å²) < 4.78 is 18.8. The Labute approximate surface area is 128 Å². The fourth-order valence-electron chi connectivity index (χ4n) is 2.19. The fraction of sp³-hybridized carbons (Fsp3) is 0.0556. The van der Waals surface area contributed by atoms with Gasteiger partial charge >= 0.3 is 0 Å². The van der Waals surface area contributed by atoms with Crippen LogP contribution in [0.15, 0.2) is 66.9 Å². The van der Waals surface area contributed by atoms with Gasteiger partial charge in [0.15, 0.2) is 0 Å². The lowest BCUT2D eigenvalue weighted by Gasteiger charge is -2.08. The minimum absolute atomic E-state index is 0.261. The van der Waals surface area contributed by atoms with Gasteiger partial charge in [-0.15, -0.1) is 0 Å². The Balaban J connectivity index is 1.71. The highest BCUT2D eigenvalue weighted by Crippen LogP contribution is 2.26. The first-order chi connectivity index (χ1) is 10.7. The number of nitrogens with two attached hydrogens (primary N) is 1. The molecule has 0 spiro atoms. The SMILES string of the molecule is Nc1ncccc1-c1ccc(OCc2cccc(F)c2)cc1. The third kappa shape index (κ3) is 3.23. The average molecular weight is 294 g/mol. The molecule has 3 nitrogen and oxygen atoms in total. The van der Waals surface area contributed by atoms with Crippen molar-refractivity contribution >= 4 is 5.82 Å². The van der Waals surface area contributed by atoms with E-state index in [2.05, 4.69) is 4.98 Å². The van der Waals surface area contributed by atoms with Crippen molar-refractivity contribution < 1.29 is 9.13 Å². The van der Waals surface area contributed by atoms with E-state index < -0.39 is 0 Å². The van der Waals surface area contributed by atoms with Crippen LogP contribution in [0.25, 0.3) is 11.1 Å². The van der Waals surface area contributed by atoms with Crippen molar-refractivity contribution in [3.8, 4) is 16.9 Å². The van der Waals surface area contributed by atoms with E-state index in [1.54, 1.807) is 12.3 Å². The van der Waals surface area contributed by atoms with E-state index in [4.69, 9.17) is 10.5 Å². The summed E-state index contributed by atoms with van der Waals surface area (Å²) in [6, 6.07) is 17.7. The Morgan fingerprint density at radius 1 is 1.00 bits per heavy atom. The summed E-state index contributed by atoms with van der Waals surface area (Å²) in [6.07, 6.45) is 1.66. The van der Waals surface area contributed by atoms with Gasteiger partial charge in [-0.2, -0.15) is 0 Å². The minimum Gasteiger partial charge on any atom is -0.489 e. The second-order valence-corrected chi connectivity index (χ2v) is 4.88. The Morgan fingerprint density at radius 2 is 1.82 bits per heavy atom. The van der Waals surface area contributed by atoms with Gasteiger partial charge < -0.3 is 10.5 Å². The number of benzene rings is 2. The predicted octanol–water partition coefficient (Wildman–Crippen LogP) is 4.05. The first-order valence-electron chi connectivity index (χ1n) is 6.90. The van der Waals surface area contributed by atoms with Crippen LogP contribution < -0.4 is 10.5 Å². The molecule has 3 aromatic rings. The van der Waals surface area contributed by atoms with Crippen molar-refractivity contribution in [2.45, 2.75) is 6.61 Å². The van der Waals surface area contributed by atoms with Gasteiger partial charge in [0.1, 0.15) is 24.0 Å². The number of aromatic nitrogens is 1. The van der Waals surface area contributed by atoms with Gasteiger partial charge in [-0.1, -0.05) is 24.3 Å². The van der Waals surface area contributed by atoms with Gasteiger partial charge in [0, 0.05) is 11.8 Å². The van der Waals surface area contributed by atoms with Crippen LogP contribution in [0.3, 0.4) is 0 Å². The number of halogens is 1. The van der Waals surface area contributed by atoms with E-state index in [9.17, 15) is 4.39 Å². The van der Waals surface area contributed by atoms with E-state index in [0.717, 1.165) is 22.4 Å². The molecule has 4 heteroatoms. The molecule has 3 rings (SSSR count). The third-order valence-electron chi connectivity index (χ3n) is 3.30. The van der Waals surface area contributed by atoms with Gasteiger partial charge in [0.2, 0.25) is 0 Å². The maximum Gasteiger partial charge on any atom is 0.131 e. The molecule has 0 amide bonds. The van der Waals surface area contributed by atoms with Gasteiger partial charge in [-0.25, -0.2) is 9.37 Å². The molecular weight excluding hydrogens is 279 g/mol. The van der Waals surface area contributed by atoms with Crippen molar-refractivity contribution in [1.29, 1.82) is 0 Å². The second kappa shape index (κ2) is 6.26. The number of hydrogen-bond acceptors (Lipinski definition) is 3. The second-order valence-electron chi connectivity index (χ2n) is 4.88. The monoisotopic (exact) mass is 294 g/mol. The lowest BCUT2D eigenvalue weighted by atomic mass is 10.1. The maximum atomic E-state index is 13.1. The summed E-state index contributed by atoms with van der Waals surface area (Å²) >= 11 is 0. The van der Waals surface area contributed by atoms with Gasteiger partial charge in [-0.3, -0.25) is 0 Å². The number of hydrogen-bond donors (Lipinski definition) is 1. The maximum absolute atomic E-state index is 13.1. The third-order valence-corrected chi connectivity index (χ3v) is 3.30. The molecule has 1 heterocycles. The van der Waals surface area contributed by atoms with E-state index in [1.165, 1.54) is 12.1 Å². The molecule has 0 unspecified atom stereocenters. The van der Waals surface area contributed by atoms with Crippen LogP contribution >= 0.6 is 0 Å². The van der Waals surface area contributed by atoms with E-state index >= 15 is 0 Å². The quantitative estimate of drug-likeness (QED) is 0.789. The first-order valence-corrected chi connectivity index (χ1v) is 6.90. The molecule has 0 aliphatic rings. The van der Waals surface area contributed by atoms with Crippen molar-refractivity contribution in [2.75, 3.05) is 5.73 Å². The molecule has 0 aliphatic carbocycles. The number of rotatable bonds is 4. The molecule has 110 valence electrons. The highest BCUT2D eigenvalue weighted by molar-refractivity contribution is 5.73. The predicted molar refractivity (Wildman–Crippen MR) is 84.8 cm³/mol. The normalized spacial score (nSPS) is 10.4. The van der Waals surface area contributed by atoms with Crippen molar-refractivity contribution in [1.82, 2.24) is 4.98 Å². The summed E-state index contributed by atoms with van der Waals surface area (Å²) in [5.74, 6) is 0.954. The van der Waals surface area contributed by atoms with Crippen LogP contribution in [0.2, 0.25) is 0 Å². The Kier molecular flexibility index (Phi) is 4.01. The molecule has 0 atom stereocenters. The van der Waals surface area contributed by atoms with E-state index in [0.29, 0.717) is 12.4 Å². The molecule has 0 aliphatic heterocycles. The molecule has 22 heavy (non-hydrogen) atoms. The molecule has 1 aromatic heterocycles. The number of pyridine rings is 1. The lowest BCUT2D eigenvalue weighted by Crippen LogP contribution is -1.96. The molecule has 0 bridgehead atoms. The molecular formula is C18H15FN2O. The summed E-state index contributed by atoms with van der Waals surface area (Å²) in [7, 11) is 0. The summed E-state index contributed by atoms with van der Waals surface area (Å²) in [4.78, 5) is 4.07. The molecule has 2 N–H and O–H groups in total. The van der Waals surface area contributed by atoms with Gasteiger partial charge in [0.05, 0.1) is 0 Å². The average Bonchev–Trinajstić information content (AvgIpc) is 2.54. The van der Waals surface area contributed by atoms with Crippen LogP contribution in [0, 0.1) is 5.82 Å². The standard InChI is InChI=1S/C18H15FN2O/c19-15-4-1-3-13(11-15)12-22-16-8-6-14(7-9-16)17-5-2-10-21-18(17)20/h1-11H,12H2,(H2,20,21). The summed E-state index contributed by atoms with van der Waals surface area (Å²) in [5, 5.41) is 0. The van der Waals surface area contributed by atoms with E-state index in [1.807, 2.05) is 42.5 Å². The van der Waals surface area contributed by atoms with Gasteiger partial charge in [0.25, 0.3) is 0 Å². The van der Waals surface area contributed by atoms with Gasteiger partial charge in [-0.05, 0) is 47.5 Å². The molecule has 2 aromatic carbocycles. The highest BCUT2D eigenvalue weighted by Gasteiger charge is 2.03. The van der Waals surface area contributed by atoms with Crippen LogP contribution in [-0.4, -0.2) is 4.98 Å². The lowest BCUT2D eigenvalue weighted by molar-refractivity contribution is 0.305. The molecule has 0 saturated carbocycles. The van der Waals surface area contributed by atoms with Crippen LogP contribution in [-0.2, 0) is 6.61 Å².